The van der Waals surface area contributed by atoms with Crippen LogP contribution >= 0.6 is 0 Å². The first-order valence-electron chi connectivity index (χ1n) is 6.72. The van der Waals surface area contributed by atoms with Gasteiger partial charge in [0.25, 0.3) is 0 Å². The van der Waals surface area contributed by atoms with Crippen molar-refractivity contribution in [2.45, 2.75) is 4.90 Å². The van der Waals surface area contributed by atoms with Gasteiger partial charge in [0.15, 0.2) is 0 Å². The van der Waals surface area contributed by atoms with Crippen molar-refractivity contribution < 1.29 is 13.2 Å². The van der Waals surface area contributed by atoms with Crippen LogP contribution in [0.2, 0.25) is 0 Å². The average Bonchev–Trinajstić information content (AvgIpc) is 2.48. The predicted molar refractivity (Wildman–Crippen MR) is 80.4 cm³/mol. The first-order chi connectivity index (χ1) is 9.93. The molecule has 1 fully saturated rings. The number of nitrogens with one attached hydrogen (secondary N) is 1. The van der Waals surface area contributed by atoms with Crippen LogP contribution in [0.4, 0.5) is 5.69 Å². The van der Waals surface area contributed by atoms with Gasteiger partial charge in [-0.05, 0) is 25.2 Å². The zero-order valence-corrected chi connectivity index (χ0v) is 12.8. The predicted octanol–water partition coefficient (Wildman–Crippen LogP) is -0.480. The summed E-state index contributed by atoms with van der Waals surface area (Å²) in [6.45, 7) is 2.22. The monoisotopic (exact) mass is 312 g/mol. The molecule has 8 heteroatoms. The molecule has 1 saturated heterocycles. The van der Waals surface area contributed by atoms with E-state index < -0.39 is 10.0 Å². The summed E-state index contributed by atoms with van der Waals surface area (Å²) in [5.41, 5.74) is 5.66. The number of nitrogens with two attached hydrogens (primary N) is 1. The van der Waals surface area contributed by atoms with Crippen molar-refractivity contribution in [1.82, 2.24) is 9.21 Å². The van der Waals surface area contributed by atoms with Gasteiger partial charge in [0.05, 0.1) is 11.4 Å². The number of hydrogen-bond acceptors (Lipinski definition) is 5. The lowest BCUT2D eigenvalue weighted by atomic mass is 10.3. The molecule has 3 N–H and O–H groups in total. The number of benzene rings is 1. The van der Waals surface area contributed by atoms with Crippen LogP contribution in [0.1, 0.15) is 0 Å². The largest absolute Gasteiger partial charge is 0.325 e. The van der Waals surface area contributed by atoms with Gasteiger partial charge in [0, 0.05) is 31.9 Å². The van der Waals surface area contributed by atoms with Crippen molar-refractivity contribution in [3.8, 4) is 0 Å². The number of hydrogen-bond donors (Lipinski definition) is 2. The van der Waals surface area contributed by atoms with Crippen LogP contribution in [-0.4, -0.2) is 63.3 Å². The standard InChI is InChI=1S/C13H20N4O3S/c1-16-5-7-17(8-6-16)21(19,20)12-4-2-3-11(9-12)15-13(18)10-14/h2-4,9H,5-8,10,14H2,1H3,(H,15,18). The summed E-state index contributed by atoms with van der Waals surface area (Å²) in [5.74, 6) is -0.357. The minimum absolute atomic E-state index is 0.143. The summed E-state index contributed by atoms with van der Waals surface area (Å²) in [5, 5.41) is 2.56. The molecule has 0 bridgehead atoms. The zero-order valence-electron chi connectivity index (χ0n) is 11.9. The number of rotatable bonds is 4. The van der Waals surface area contributed by atoms with Crippen LogP contribution in [0, 0.1) is 0 Å². The molecule has 0 aliphatic carbocycles. The Kier molecular flexibility index (Phi) is 4.94. The fourth-order valence-electron chi connectivity index (χ4n) is 2.12. The first-order valence-corrected chi connectivity index (χ1v) is 8.16. The van der Waals surface area contributed by atoms with Gasteiger partial charge in [0.2, 0.25) is 15.9 Å². The molecule has 7 nitrogen and oxygen atoms in total. The molecular formula is C13H20N4O3S. The van der Waals surface area contributed by atoms with E-state index in [1.807, 2.05) is 7.05 Å². The number of sulfonamides is 1. The molecule has 0 unspecified atom stereocenters. The van der Waals surface area contributed by atoms with Crippen LogP contribution in [0.25, 0.3) is 0 Å². The summed E-state index contributed by atoms with van der Waals surface area (Å²) in [6, 6.07) is 6.23. The van der Waals surface area contributed by atoms with E-state index in [1.165, 1.54) is 16.4 Å². The fraction of sp³-hybridized carbons (Fsp3) is 0.462. The Morgan fingerprint density at radius 1 is 1.29 bits per heavy atom. The molecule has 1 aliphatic heterocycles. The van der Waals surface area contributed by atoms with Gasteiger partial charge >= 0.3 is 0 Å². The SMILES string of the molecule is CN1CCN(S(=O)(=O)c2cccc(NC(=O)CN)c2)CC1. The van der Waals surface area contributed by atoms with E-state index >= 15 is 0 Å². The zero-order chi connectivity index (χ0) is 15.5. The fourth-order valence-corrected chi connectivity index (χ4v) is 3.59. The third-order valence-electron chi connectivity index (χ3n) is 3.40. The summed E-state index contributed by atoms with van der Waals surface area (Å²) in [7, 11) is -1.56. The Morgan fingerprint density at radius 2 is 1.95 bits per heavy atom. The highest BCUT2D eigenvalue weighted by Crippen LogP contribution is 2.20. The van der Waals surface area contributed by atoms with E-state index in [1.54, 1.807) is 12.1 Å². The molecule has 0 aromatic heterocycles. The van der Waals surface area contributed by atoms with E-state index in [9.17, 15) is 13.2 Å². The van der Waals surface area contributed by atoms with Gasteiger partial charge in [-0.3, -0.25) is 4.79 Å². The van der Waals surface area contributed by atoms with Crippen LogP contribution < -0.4 is 11.1 Å². The van der Waals surface area contributed by atoms with E-state index in [4.69, 9.17) is 5.73 Å². The molecule has 1 aromatic rings. The summed E-state index contributed by atoms with van der Waals surface area (Å²) in [6.07, 6.45) is 0. The third kappa shape index (κ3) is 3.79. The van der Waals surface area contributed by atoms with Crippen LogP contribution in [0.15, 0.2) is 29.2 Å². The van der Waals surface area contributed by atoms with Gasteiger partial charge < -0.3 is 16.0 Å². The maximum absolute atomic E-state index is 12.6. The molecule has 1 heterocycles. The van der Waals surface area contributed by atoms with Crippen molar-refractivity contribution in [2.24, 2.45) is 5.73 Å². The van der Waals surface area contributed by atoms with Gasteiger partial charge in [-0.15, -0.1) is 0 Å². The Morgan fingerprint density at radius 3 is 2.57 bits per heavy atom. The molecule has 0 atom stereocenters. The normalized spacial score (nSPS) is 17.6. The third-order valence-corrected chi connectivity index (χ3v) is 5.30. The molecule has 0 spiro atoms. The molecule has 1 aliphatic rings. The maximum atomic E-state index is 12.6. The number of piperazine rings is 1. The van der Waals surface area contributed by atoms with Crippen LogP contribution in [0.3, 0.4) is 0 Å². The maximum Gasteiger partial charge on any atom is 0.243 e. The van der Waals surface area contributed by atoms with E-state index in [0.29, 0.717) is 31.9 Å². The second-order valence-corrected chi connectivity index (χ2v) is 6.93. The number of carbonyl (C=O) groups is 1. The minimum Gasteiger partial charge on any atom is -0.325 e. The van der Waals surface area contributed by atoms with Gasteiger partial charge in [-0.2, -0.15) is 4.31 Å². The Labute approximate surface area is 124 Å². The highest BCUT2D eigenvalue weighted by molar-refractivity contribution is 7.89. The number of carbonyl (C=O) groups excluding carboxylic acids is 1. The smallest absolute Gasteiger partial charge is 0.243 e. The number of anilines is 1. The molecule has 0 radical (unpaired) electrons. The highest BCUT2D eigenvalue weighted by Gasteiger charge is 2.27. The number of nitrogens with zero attached hydrogens (tertiary/aromatic N) is 2. The molecular weight excluding hydrogens is 292 g/mol. The molecule has 0 saturated carbocycles. The molecule has 2 rings (SSSR count). The molecule has 1 aromatic carbocycles. The van der Waals surface area contributed by atoms with Crippen molar-refractivity contribution in [3.63, 3.8) is 0 Å². The van der Waals surface area contributed by atoms with Gasteiger partial charge in [-0.25, -0.2) is 8.42 Å². The van der Waals surface area contributed by atoms with Crippen molar-refractivity contribution in [2.75, 3.05) is 45.1 Å². The summed E-state index contributed by atoms with van der Waals surface area (Å²) >= 11 is 0. The highest BCUT2D eigenvalue weighted by atomic mass is 32.2. The lowest BCUT2D eigenvalue weighted by Crippen LogP contribution is -2.47. The van der Waals surface area contributed by atoms with Gasteiger partial charge in [0.1, 0.15) is 0 Å². The lowest BCUT2D eigenvalue weighted by Gasteiger charge is -2.31. The average molecular weight is 312 g/mol. The molecule has 1 amide bonds. The lowest BCUT2D eigenvalue weighted by molar-refractivity contribution is -0.114. The topological polar surface area (TPSA) is 95.7 Å². The minimum atomic E-state index is -3.53. The Hall–Kier alpha value is -1.48. The molecule has 21 heavy (non-hydrogen) atoms. The Bertz CT molecular complexity index is 610. The van der Waals surface area contributed by atoms with Crippen molar-refractivity contribution >= 4 is 21.6 Å². The summed E-state index contributed by atoms with van der Waals surface area (Å²) in [4.78, 5) is 13.5. The van der Waals surface area contributed by atoms with E-state index in [-0.39, 0.29) is 17.3 Å². The summed E-state index contributed by atoms with van der Waals surface area (Å²) < 4.78 is 26.6. The second kappa shape index (κ2) is 6.52. The first kappa shape index (κ1) is 15.9. The van der Waals surface area contributed by atoms with Crippen molar-refractivity contribution in [1.29, 1.82) is 0 Å². The quantitative estimate of drug-likeness (QED) is 0.783. The van der Waals surface area contributed by atoms with Crippen LogP contribution in [-0.2, 0) is 14.8 Å². The van der Waals surface area contributed by atoms with Gasteiger partial charge in [-0.1, -0.05) is 6.07 Å². The van der Waals surface area contributed by atoms with E-state index in [2.05, 4.69) is 10.2 Å². The number of amides is 1. The van der Waals surface area contributed by atoms with Crippen molar-refractivity contribution in [3.05, 3.63) is 24.3 Å². The van der Waals surface area contributed by atoms with E-state index in [0.717, 1.165) is 0 Å². The second-order valence-electron chi connectivity index (χ2n) is 4.99. The molecule has 116 valence electrons. The van der Waals surface area contributed by atoms with Crippen LogP contribution in [0.5, 0.6) is 0 Å². The number of likely N-dealkylation sites (N-methyl/N-ethyl adjacent to an activating group) is 1. The Balaban J connectivity index is 2.20.